The predicted octanol–water partition coefficient (Wildman–Crippen LogP) is 6.30. The molecule has 2 saturated heterocycles. The second-order valence-corrected chi connectivity index (χ2v) is 13.1. The molecule has 0 radical (unpaired) electrons. The Balaban J connectivity index is 1.35. The molecule has 1 aromatic rings. The lowest BCUT2D eigenvalue weighted by molar-refractivity contribution is -0.135. The van der Waals surface area contributed by atoms with Crippen molar-refractivity contribution >= 4 is 17.7 Å². The summed E-state index contributed by atoms with van der Waals surface area (Å²) in [6.07, 6.45) is 17.4. The number of hydrogen-bond donors (Lipinski definition) is 1. The summed E-state index contributed by atoms with van der Waals surface area (Å²) in [6, 6.07) is 7.73. The Morgan fingerprint density at radius 1 is 1.05 bits per heavy atom. The number of amides is 1. The largest absolute Gasteiger partial charge is 0.497 e. The zero-order chi connectivity index (χ0) is 26.6. The first kappa shape index (κ1) is 29.5. The molecule has 0 spiro atoms. The molecule has 1 saturated carbocycles. The normalized spacial score (nSPS) is 25.2. The van der Waals surface area contributed by atoms with Crippen molar-refractivity contribution in [3.63, 3.8) is 0 Å². The Labute approximate surface area is 235 Å². The molecule has 1 aromatic carbocycles. The quantitative estimate of drug-likeness (QED) is 0.294. The van der Waals surface area contributed by atoms with E-state index in [1.807, 2.05) is 24.3 Å². The smallest absolute Gasteiger partial charge is 0.260 e. The van der Waals surface area contributed by atoms with Gasteiger partial charge in [-0.05, 0) is 50.2 Å². The molecule has 0 aromatic heterocycles. The first-order valence-corrected chi connectivity index (χ1v) is 16.3. The number of thioether (sulfide) groups is 1. The van der Waals surface area contributed by atoms with Gasteiger partial charge in [0, 0.05) is 42.7 Å². The summed E-state index contributed by atoms with van der Waals surface area (Å²) >= 11 is 2.19. The van der Waals surface area contributed by atoms with Crippen molar-refractivity contribution in [3.05, 3.63) is 24.3 Å². The monoisotopic (exact) mass is 545 g/mol. The fourth-order valence-electron chi connectivity index (χ4n) is 6.39. The number of benzene rings is 1. The van der Waals surface area contributed by atoms with E-state index in [1.165, 1.54) is 83.5 Å². The molecule has 3 unspecified atom stereocenters. The van der Waals surface area contributed by atoms with E-state index in [2.05, 4.69) is 34.0 Å². The van der Waals surface area contributed by atoms with Crippen molar-refractivity contribution in [3.8, 4) is 11.5 Å². The summed E-state index contributed by atoms with van der Waals surface area (Å²) in [4.78, 5) is 15.8. The minimum absolute atomic E-state index is 0.0730. The molecule has 2 heterocycles. The van der Waals surface area contributed by atoms with E-state index in [4.69, 9.17) is 9.47 Å². The Morgan fingerprint density at radius 2 is 1.84 bits per heavy atom. The zero-order valence-corrected chi connectivity index (χ0v) is 24.7. The summed E-state index contributed by atoms with van der Waals surface area (Å²) in [5.41, 5.74) is 3.58. The zero-order valence-electron chi connectivity index (χ0n) is 23.9. The van der Waals surface area contributed by atoms with Crippen LogP contribution in [0.15, 0.2) is 24.3 Å². The highest BCUT2D eigenvalue weighted by Crippen LogP contribution is 2.42. The fourth-order valence-corrected chi connectivity index (χ4v) is 8.17. The lowest BCUT2D eigenvalue weighted by atomic mass is 9.87. The molecule has 2 aliphatic heterocycles. The highest BCUT2D eigenvalue weighted by molar-refractivity contribution is 8.00. The molecule has 3 fully saturated rings. The first-order chi connectivity index (χ1) is 18.7. The molecule has 1 N–H and O–H groups in total. The standard InChI is InChI=1S/C31H51N3O3S/c1-3-4-5-11-19-33-22-26(21-32-33)34(31(35)24-37-28-16-12-15-27(20-28)36-2)23-29-17-18-30(38-29)25-13-9-7-6-8-10-14-25/h12,15-16,20,25-26,29-30,32H,3-11,13-14,17-19,21-24H2,1-2H3. The minimum Gasteiger partial charge on any atom is -0.497 e. The van der Waals surface area contributed by atoms with Crippen molar-refractivity contribution < 1.29 is 14.3 Å². The van der Waals surface area contributed by atoms with E-state index in [9.17, 15) is 4.79 Å². The molecule has 214 valence electrons. The van der Waals surface area contributed by atoms with E-state index in [0.717, 1.165) is 43.1 Å². The Morgan fingerprint density at radius 3 is 2.63 bits per heavy atom. The fraction of sp³-hybridized carbons (Fsp3) is 0.774. The van der Waals surface area contributed by atoms with Crippen molar-refractivity contribution in [1.29, 1.82) is 0 Å². The van der Waals surface area contributed by atoms with Gasteiger partial charge in [-0.2, -0.15) is 11.8 Å². The number of hydrogen-bond acceptors (Lipinski definition) is 6. The van der Waals surface area contributed by atoms with Crippen LogP contribution >= 0.6 is 11.8 Å². The number of unbranched alkanes of at least 4 members (excludes halogenated alkanes) is 3. The van der Waals surface area contributed by atoms with Crippen LogP contribution in [-0.2, 0) is 4.79 Å². The average Bonchev–Trinajstić information content (AvgIpc) is 3.58. The van der Waals surface area contributed by atoms with Gasteiger partial charge in [0.1, 0.15) is 11.5 Å². The molecule has 3 atom stereocenters. The third-order valence-electron chi connectivity index (χ3n) is 8.64. The van der Waals surface area contributed by atoms with Crippen LogP contribution in [0.4, 0.5) is 0 Å². The lowest BCUT2D eigenvalue weighted by Gasteiger charge is -2.31. The summed E-state index contributed by atoms with van der Waals surface area (Å²) in [7, 11) is 1.65. The summed E-state index contributed by atoms with van der Waals surface area (Å²) in [6.45, 7) is 5.96. The molecule has 7 heteroatoms. The van der Waals surface area contributed by atoms with Crippen LogP contribution in [0.25, 0.3) is 0 Å². The number of ether oxygens (including phenoxy) is 2. The highest BCUT2D eigenvalue weighted by Gasteiger charge is 2.36. The Hall–Kier alpha value is -1.44. The molecule has 6 nitrogen and oxygen atoms in total. The maximum absolute atomic E-state index is 13.6. The van der Waals surface area contributed by atoms with E-state index in [-0.39, 0.29) is 18.6 Å². The summed E-state index contributed by atoms with van der Waals surface area (Å²) in [5, 5.41) is 3.65. The molecule has 1 amide bonds. The third kappa shape index (κ3) is 9.06. The van der Waals surface area contributed by atoms with Crippen molar-refractivity contribution in [1.82, 2.24) is 15.3 Å². The average molecular weight is 546 g/mol. The number of carbonyl (C=O) groups excluding carboxylic acids is 1. The molecular formula is C31H51N3O3S. The number of methoxy groups -OCH3 is 1. The number of nitrogens with one attached hydrogen (secondary N) is 1. The Kier molecular flexibility index (Phi) is 12.4. The molecule has 1 aliphatic carbocycles. The molecule has 3 aliphatic rings. The number of nitrogens with zero attached hydrogens (tertiary/aromatic N) is 2. The van der Waals surface area contributed by atoms with Gasteiger partial charge in [-0.1, -0.05) is 64.4 Å². The van der Waals surface area contributed by atoms with Gasteiger partial charge in [-0.15, -0.1) is 0 Å². The van der Waals surface area contributed by atoms with Crippen LogP contribution < -0.4 is 14.9 Å². The van der Waals surface area contributed by atoms with E-state index >= 15 is 0 Å². The van der Waals surface area contributed by atoms with Crippen LogP contribution in [0.1, 0.15) is 90.4 Å². The maximum Gasteiger partial charge on any atom is 0.260 e. The van der Waals surface area contributed by atoms with E-state index in [1.54, 1.807) is 7.11 Å². The van der Waals surface area contributed by atoms with Crippen LogP contribution in [-0.4, -0.2) is 72.3 Å². The van der Waals surface area contributed by atoms with Crippen LogP contribution in [0.5, 0.6) is 11.5 Å². The minimum atomic E-state index is 0.0730. The summed E-state index contributed by atoms with van der Waals surface area (Å²) < 4.78 is 11.3. The highest BCUT2D eigenvalue weighted by atomic mass is 32.2. The summed E-state index contributed by atoms with van der Waals surface area (Å²) in [5.74, 6) is 2.40. The predicted molar refractivity (Wildman–Crippen MR) is 158 cm³/mol. The number of carbonyl (C=O) groups is 1. The van der Waals surface area contributed by atoms with Gasteiger partial charge in [0.25, 0.3) is 5.91 Å². The third-order valence-corrected chi connectivity index (χ3v) is 10.4. The van der Waals surface area contributed by atoms with Gasteiger partial charge >= 0.3 is 0 Å². The van der Waals surface area contributed by atoms with Gasteiger partial charge in [-0.25, -0.2) is 5.01 Å². The van der Waals surface area contributed by atoms with Crippen LogP contribution in [0.3, 0.4) is 0 Å². The Bertz CT molecular complexity index is 832. The lowest BCUT2D eigenvalue weighted by Crippen LogP contribution is -2.48. The second kappa shape index (κ2) is 16.0. The number of rotatable bonds is 13. The first-order valence-electron chi connectivity index (χ1n) is 15.4. The number of hydrazine groups is 1. The van der Waals surface area contributed by atoms with Gasteiger partial charge in [0.2, 0.25) is 0 Å². The van der Waals surface area contributed by atoms with Crippen LogP contribution in [0.2, 0.25) is 0 Å². The molecule has 4 rings (SSSR count). The van der Waals surface area contributed by atoms with Gasteiger partial charge in [-0.3, -0.25) is 10.2 Å². The molecular weight excluding hydrogens is 494 g/mol. The topological polar surface area (TPSA) is 54.0 Å². The van der Waals surface area contributed by atoms with Gasteiger partial charge in [0.15, 0.2) is 6.61 Å². The van der Waals surface area contributed by atoms with E-state index < -0.39 is 0 Å². The molecule has 38 heavy (non-hydrogen) atoms. The van der Waals surface area contributed by atoms with Crippen LogP contribution in [0, 0.1) is 5.92 Å². The second-order valence-electron chi connectivity index (χ2n) is 11.5. The van der Waals surface area contributed by atoms with Crippen molar-refractivity contribution in [2.24, 2.45) is 5.92 Å². The van der Waals surface area contributed by atoms with Gasteiger partial charge in [0.05, 0.1) is 13.2 Å². The van der Waals surface area contributed by atoms with E-state index in [0.29, 0.717) is 11.0 Å². The SMILES string of the molecule is CCCCCCN1CC(N(CC2CCC(C3CCCCCCC3)S2)C(=O)COc2cccc(OC)c2)CN1. The van der Waals surface area contributed by atoms with Crippen molar-refractivity contribution in [2.45, 2.75) is 107 Å². The van der Waals surface area contributed by atoms with Gasteiger partial charge < -0.3 is 14.4 Å². The van der Waals surface area contributed by atoms with Crippen molar-refractivity contribution in [2.75, 3.05) is 39.9 Å². The maximum atomic E-state index is 13.6. The molecule has 0 bridgehead atoms.